The summed E-state index contributed by atoms with van der Waals surface area (Å²) in [6.45, 7) is 3.95. The molecule has 1 saturated carbocycles. The van der Waals surface area contributed by atoms with Gasteiger partial charge in [-0.05, 0) is 75.3 Å². The third-order valence-corrected chi connectivity index (χ3v) is 8.94. The molecule has 1 atom stereocenters. The van der Waals surface area contributed by atoms with Gasteiger partial charge in [0.05, 0.1) is 12.6 Å². The Morgan fingerprint density at radius 1 is 0.844 bits per heavy atom. The molecule has 1 aromatic carbocycles. The summed E-state index contributed by atoms with van der Waals surface area (Å²) in [5, 5.41) is 8.49. The summed E-state index contributed by atoms with van der Waals surface area (Å²) in [6, 6.07) is 8.42. The van der Waals surface area contributed by atoms with Crippen LogP contribution in [0.25, 0.3) is 0 Å². The van der Waals surface area contributed by atoms with Crippen LogP contribution in [0, 0.1) is 5.92 Å². The van der Waals surface area contributed by atoms with Crippen molar-refractivity contribution < 1.29 is 19.5 Å². The number of hydrogen-bond donors (Lipinski definition) is 1. The molecule has 1 saturated heterocycles. The Balaban J connectivity index is 0.000000246. The van der Waals surface area contributed by atoms with Gasteiger partial charge in [-0.2, -0.15) is 0 Å². The molecule has 0 bridgehead atoms. The largest absolute Gasteiger partial charge is 0.481 e. The van der Waals surface area contributed by atoms with E-state index in [0.29, 0.717) is 6.54 Å². The second-order valence-electron chi connectivity index (χ2n) is 12.5. The number of rotatable bonds is 15. The minimum absolute atomic E-state index is 0.0498. The van der Waals surface area contributed by atoms with Crippen LogP contribution in [-0.4, -0.2) is 52.3 Å². The van der Waals surface area contributed by atoms with Crippen molar-refractivity contribution in [2.24, 2.45) is 5.92 Å². The number of fused-ring (bicyclic) bond motifs is 3. The molecule has 2 amide bonds. The fraction of sp³-hybridized carbons (Fsp3) is 0.564. The van der Waals surface area contributed by atoms with Crippen molar-refractivity contribution in [2.45, 2.75) is 116 Å². The van der Waals surface area contributed by atoms with E-state index in [4.69, 9.17) is 5.11 Å². The highest BCUT2D eigenvalue weighted by atomic mass is 16.4. The van der Waals surface area contributed by atoms with Gasteiger partial charge < -0.3 is 14.9 Å². The predicted octanol–water partition coefficient (Wildman–Crippen LogP) is 8.75. The van der Waals surface area contributed by atoms with Crippen LogP contribution in [0.15, 0.2) is 72.9 Å². The molecule has 246 valence electrons. The van der Waals surface area contributed by atoms with Crippen molar-refractivity contribution in [1.29, 1.82) is 0 Å². The number of carboxylic acids is 1. The predicted molar refractivity (Wildman–Crippen MR) is 184 cm³/mol. The lowest BCUT2D eigenvalue weighted by atomic mass is 9.87. The first-order chi connectivity index (χ1) is 22.0. The van der Waals surface area contributed by atoms with Crippen LogP contribution in [0.1, 0.15) is 120 Å². The normalized spacial score (nSPS) is 18.9. The summed E-state index contributed by atoms with van der Waals surface area (Å²) >= 11 is 0. The summed E-state index contributed by atoms with van der Waals surface area (Å²) in [5.74, 6) is -0.251. The Morgan fingerprint density at radius 3 is 2.11 bits per heavy atom. The molecule has 3 aliphatic rings. The molecule has 1 unspecified atom stereocenters. The molecule has 6 heteroatoms. The van der Waals surface area contributed by atoms with Crippen LogP contribution in [0.4, 0.5) is 0 Å². The number of unbranched alkanes of at least 4 members (excludes halogenated alkanes) is 4. The third kappa shape index (κ3) is 13.2. The number of aliphatic carboxylic acids is 1. The summed E-state index contributed by atoms with van der Waals surface area (Å²) in [4.78, 5) is 39.5. The highest BCUT2D eigenvalue weighted by Crippen LogP contribution is 2.34. The average molecular weight is 617 g/mol. The van der Waals surface area contributed by atoms with Gasteiger partial charge in [0.15, 0.2) is 0 Å². The Morgan fingerprint density at radius 2 is 1.47 bits per heavy atom. The number of allylic oxidation sites excluding steroid dienone is 8. The van der Waals surface area contributed by atoms with E-state index in [1.54, 1.807) is 0 Å². The SMILES string of the molecule is CCCCC/C=C\C/C=C\C/C=C\C/C=C\CCCC(=O)O.O=C(C1CCCCC1)N1CC(=O)N2CCc3ccccc3C2C1. The monoisotopic (exact) mass is 616 g/mol. The maximum atomic E-state index is 12.8. The first kappa shape index (κ1) is 36.1. The lowest BCUT2D eigenvalue weighted by Crippen LogP contribution is -2.56. The average Bonchev–Trinajstić information content (AvgIpc) is 3.06. The molecule has 1 N–H and O–H groups in total. The van der Waals surface area contributed by atoms with Gasteiger partial charge >= 0.3 is 5.97 Å². The maximum Gasteiger partial charge on any atom is 0.303 e. The Labute approximate surface area is 272 Å². The number of carboxylic acid groups (broad SMARTS) is 1. The van der Waals surface area contributed by atoms with Crippen LogP contribution >= 0.6 is 0 Å². The Bertz CT molecular complexity index is 1160. The van der Waals surface area contributed by atoms with E-state index in [-0.39, 0.29) is 36.7 Å². The van der Waals surface area contributed by atoms with Crippen molar-refractivity contribution in [3.63, 3.8) is 0 Å². The highest BCUT2D eigenvalue weighted by Gasteiger charge is 2.39. The minimum atomic E-state index is -0.712. The van der Waals surface area contributed by atoms with E-state index in [1.165, 1.54) is 43.2 Å². The van der Waals surface area contributed by atoms with Crippen LogP contribution in [0.3, 0.4) is 0 Å². The zero-order chi connectivity index (χ0) is 32.1. The molecule has 1 aliphatic carbocycles. The molecule has 2 heterocycles. The topological polar surface area (TPSA) is 77.9 Å². The van der Waals surface area contributed by atoms with Gasteiger partial charge in [-0.15, -0.1) is 0 Å². The quantitative estimate of drug-likeness (QED) is 0.158. The van der Waals surface area contributed by atoms with E-state index in [0.717, 1.165) is 70.8 Å². The van der Waals surface area contributed by atoms with E-state index in [2.05, 4.69) is 73.7 Å². The van der Waals surface area contributed by atoms with E-state index in [9.17, 15) is 14.4 Å². The van der Waals surface area contributed by atoms with Crippen LogP contribution < -0.4 is 0 Å². The Hall–Kier alpha value is -3.41. The number of benzene rings is 1. The van der Waals surface area contributed by atoms with Gasteiger partial charge in [-0.1, -0.05) is 112 Å². The summed E-state index contributed by atoms with van der Waals surface area (Å²) in [5.41, 5.74) is 2.56. The molecule has 4 rings (SSSR count). The standard InChI is InChI=1S/C20H32O2.C19H24N2O2/c1-2-3-4-5-6-7-8-9-10-11-12-13-14-15-16-17-18-19-20(21)22;22-18-13-20(19(23)15-7-2-1-3-8-15)12-17-16-9-5-4-6-14(16)10-11-21(17)18/h6-7,9-10,12-13,15-16H,2-5,8,11,14,17-19H2,1H3,(H,21,22);4-6,9,15,17H,1-3,7-8,10-13H2/b7-6-,10-9-,13-12-,16-15-;. The maximum absolute atomic E-state index is 12.8. The van der Waals surface area contributed by atoms with Gasteiger partial charge in [0.2, 0.25) is 11.8 Å². The number of carbonyl (C=O) groups excluding carboxylic acids is 2. The van der Waals surface area contributed by atoms with Crippen LogP contribution in [-0.2, 0) is 20.8 Å². The zero-order valence-electron chi connectivity index (χ0n) is 27.6. The minimum Gasteiger partial charge on any atom is -0.481 e. The van der Waals surface area contributed by atoms with Gasteiger partial charge in [-0.25, -0.2) is 0 Å². The summed E-state index contributed by atoms with van der Waals surface area (Å²) in [6.07, 6.45) is 33.8. The van der Waals surface area contributed by atoms with Crippen LogP contribution in [0.2, 0.25) is 0 Å². The number of nitrogens with zero attached hydrogens (tertiary/aromatic N) is 2. The number of piperazine rings is 1. The molecule has 1 aromatic rings. The fourth-order valence-electron chi connectivity index (χ4n) is 6.38. The fourth-order valence-corrected chi connectivity index (χ4v) is 6.38. The molecule has 0 radical (unpaired) electrons. The van der Waals surface area contributed by atoms with E-state index < -0.39 is 5.97 Å². The van der Waals surface area contributed by atoms with Crippen molar-refractivity contribution in [3.05, 3.63) is 84.0 Å². The smallest absolute Gasteiger partial charge is 0.303 e. The van der Waals surface area contributed by atoms with Crippen molar-refractivity contribution in [3.8, 4) is 0 Å². The molecule has 45 heavy (non-hydrogen) atoms. The van der Waals surface area contributed by atoms with Crippen molar-refractivity contribution in [1.82, 2.24) is 9.80 Å². The zero-order valence-corrected chi connectivity index (χ0v) is 27.6. The van der Waals surface area contributed by atoms with E-state index in [1.807, 2.05) is 15.9 Å². The van der Waals surface area contributed by atoms with Crippen molar-refractivity contribution >= 4 is 17.8 Å². The van der Waals surface area contributed by atoms with Gasteiger partial charge in [-0.3, -0.25) is 14.4 Å². The van der Waals surface area contributed by atoms with Crippen molar-refractivity contribution in [2.75, 3.05) is 19.6 Å². The molecule has 6 nitrogen and oxygen atoms in total. The molecular weight excluding hydrogens is 560 g/mol. The lowest BCUT2D eigenvalue weighted by molar-refractivity contribution is -0.152. The second-order valence-corrected chi connectivity index (χ2v) is 12.5. The third-order valence-electron chi connectivity index (χ3n) is 8.94. The Kier molecular flexibility index (Phi) is 17.1. The number of amides is 2. The first-order valence-electron chi connectivity index (χ1n) is 17.5. The molecule has 0 spiro atoms. The molecule has 2 fully saturated rings. The number of hydrogen-bond acceptors (Lipinski definition) is 3. The summed E-state index contributed by atoms with van der Waals surface area (Å²) < 4.78 is 0. The first-order valence-corrected chi connectivity index (χ1v) is 17.5. The highest BCUT2D eigenvalue weighted by molar-refractivity contribution is 5.87. The van der Waals surface area contributed by atoms with E-state index >= 15 is 0 Å². The van der Waals surface area contributed by atoms with Gasteiger partial charge in [0, 0.05) is 25.4 Å². The molecular formula is C39H56N2O4. The molecule has 2 aliphatic heterocycles. The number of carbonyl (C=O) groups is 3. The lowest BCUT2D eigenvalue weighted by Gasteiger charge is -2.45. The van der Waals surface area contributed by atoms with Crippen LogP contribution in [0.5, 0.6) is 0 Å². The second kappa shape index (κ2) is 21.3. The van der Waals surface area contributed by atoms with Gasteiger partial charge in [0.1, 0.15) is 0 Å². The van der Waals surface area contributed by atoms with Gasteiger partial charge in [0.25, 0.3) is 0 Å². The summed E-state index contributed by atoms with van der Waals surface area (Å²) in [7, 11) is 0. The molecule has 0 aromatic heterocycles.